The molecule has 0 atom stereocenters. The molecule has 1 N–H and O–H groups in total. The number of fused-ring (bicyclic) bond motifs is 1. The summed E-state index contributed by atoms with van der Waals surface area (Å²) in [5, 5.41) is 9.09. The molecule has 1 aromatic heterocycles. The molecule has 2 aromatic rings. The van der Waals surface area contributed by atoms with Crippen LogP contribution in [0.3, 0.4) is 0 Å². The minimum atomic E-state index is -4.75. The number of aliphatic carboxylic acids is 1. The number of halogens is 3. The van der Waals surface area contributed by atoms with Crippen molar-refractivity contribution >= 4 is 32.7 Å². The lowest BCUT2D eigenvalue weighted by Crippen LogP contribution is -2.24. The Morgan fingerprint density at radius 3 is 2.80 bits per heavy atom. The number of carbonyl (C=O) groups is 1. The molecule has 0 saturated heterocycles. The number of nitrogens with zero attached hydrogens (tertiary/aromatic N) is 2. The maximum absolute atomic E-state index is 12.1. The van der Waals surface area contributed by atoms with E-state index in [0.29, 0.717) is 15.3 Å². The third-order valence-corrected chi connectivity index (χ3v) is 3.41. The maximum atomic E-state index is 12.1. The Morgan fingerprint density at radius 2 is 2.20 bits per heavy atom. The first-order chi connectivity index (χ1) is 9.24. The zero-order chi connectivity index (χ0) is 14.9. The third kappa shape index (κ3) is 3.50. The first kappa shape index (κ1) is 14.4. The SMILES string of the molecule is CN(CC(=O)O)c1nc2ccc(OC(F)(F)F)cc2s1. The van der Waals surface area contributed by atoms with Crippen LogP contribution in [0.4, 0.5) is 18.3 Å². The van der Waals surface area contributed by atoms with Crippen molar-refractivity contribution in [2.45, 2.75) is 6.36 Å². The molecule has 0 amide bonds. The summed E-state index contributed by atoms with van der Waals surface area (Å²) in [6.45, 7) is -0.244. The number of alkyl halides is 3. The zero-order valence-electron chi connectivity index (χ0n) is 10.1. The number of aromatic nitrogens is 1. The van der Waals surface area contributed by atoms with Crippen LogP contribution in [-0.4, -0.2) is 36.0 Å². The highest BCUT2D eigenvalue weighted by atomic mass is 32.1. The number of likely N-dealkylation sites (N-methyl/N-ethyl adjacent to an activating group) is 1. The minimum absolute atomic E-state index is 0.244. The number of ether oxygens (including phenoxy) is 1. The van der Waals surface area contributed by atoms with Crippen molar-refractivity contribution in [3.63, 3.8) is 0 Å². The molecule has 0 unspecified atom stereocenters. The van der Waals surface area contributed by atoms with Gasteiger partial charge in [0.25, 0.3) is 0 Å². The average Bonchev–Trinajstić information content (AvgIpc) is 2.68. The van der Waals surface area contributed by atoms with Gasteiger partial charge in [0.2, 0.25) is 0 Å². The van der Waals surface area contributed by atoms with Crippen LogP contribution in [0.2, 0.25) is 0 Å². The van der Waals surface area contributed by atoms with Gasteiger partial charge >= 0.3 is 12.3 Å². The first-order valence-electron chi connectivity index (χ1n) is 5.34. The van der Waals surface area contributed by atoms with Gasteiger partial charge in [0, 0.05) is 13.1 Å². The summed E-state index contributed by atoms with van der Waals surface area (Å²) in [6, 6.07) is 3.78. The number of benzene rings is 1. The van der Waals surface area contributed by atoms with E-state index in [0.717, 1.165) is 17.4 Å². The van der Waals surface area contributed by atoms with Crippen molar-refractivity contribution in [1.82, 2.24) is 4.98 Å². The van der Waals surface area contributed by atoms with E-state index in [1.54, 1.807) is 7.05 Å². The Morgan fingerprint density at radius 1 is 1.50 bits per heavy atom. The quantitative estimate of drug-likeness (QED) is 0.941. The molecular weight excluding hydrogens is 297 g/mol. The van der Waals surface area contributed by atoms with Crippen LogP contribution >= 0.6 is 11.3 Å². The monoisotopic (exact) mass is 306 g/mol. The van der Waals surface area contributed by atoms with E-state index in [-0.39, 0.29) is 12.3 Å². The fourth-order valence-corrected chi connectivity index (χ4v) is 2.48. The average molecular weight is 306 g/mol. The molecule has 108 valence electrons. The maximum Gasteiger partial charge on any atom is 0.573 e. The number of thiazole rings is 1. The van der Waals surface area contributed by atoms with Crippen molar-refractivity contribution < 1.29 is 27.8 Å². The van der Waals surface area contributed by atoms with E-state index >= 15 is 0 Å². The van der Waals surface area contributed by atoms with Gasteiger partial charge in [0.05, 0.1) is 10.2 Å². The molecule has 1 aromatic carbocycles. The topological polar surface area (TPSA) is 62.7 Å². The zero-order valence-corrected chi connectivity index (χ0v) is 11.0. The first-order valence-corrected chi connectivity index (χ1v) is 6.15. The van der Waals surface area contributed by atoms with Crippen molar-refractivity contribution in [3.05, 3.63) is 18.2 Å². The van der Waals surface area contributed by atoms with Gasteiger partial charge in [-0.1, -0.05) is 11.3 Å². The number of carboxylic acid groups (broad SMARTS) is 1. The predicted molar refractivity (Wildman–Crippen MR) is 67.2 cm³/mol. The van der Waals surface area contributed by atoms with E-state index in [4.69, 9.17) is 5.11 Å². The number of hydrogen-bond acceptors (Lipinski definition) is 5. The molecule has 0 radical (unpaired) electrons. The van der Waals surface area contributed by atoms with Crippen molar-refractivity contribution in [2.24, 2.45) is 0 Å². The molecule has 9 heteroatoms. The summed E-state index contributed by atoms with van der Waals surface area (Å²) in [5.41, 5.74) is 0.483. The Bertz CT molecular complexity index is 641. The molecule has 0 spiro atoms. The molecule has 0 saturated carbocycles. The van der Waals surface area contributed by atoms with Gasteiger partial charge in [-0.2, -0.15) is 0 Å². The normalized spacial score (nSPS) is 11.6. The summed E-state index contributed by atoms with van der Waals surface area (Å²) >= 11 is 1.09. The van der Waals surface area contributed by atoms with Crippen LogP contribution in [-0.2, 0) is 4.79 Å². The van der Waals surface area contributed by atoms with E-state index in [1.807, 2.05) is 0 Å². The van der Waals surface area contributed by atoms with Crippen LogP contribution in [0.5, 0.6) is 5.75 Å². The van der Waals surface area contributed by atoms with Crippen LogP contribution in [0.15, 0.2) is 18.2 Å². The van der Waals surface area contributed by atoms with Gasteiger partial charge in [-0.25, -0.2) is 4.98 Å². The van der Waals surface area contributed by atoms with E-state index in [1.165, 1.54) is 17.0 Å². The minimum Gasteiger partial charge on any atom is -0.480 e. The molecule has 1 heterocycles. The molecule has 0 aliphatic rings. The Labute approximate surface area is 115 Å². The lowest BCUT2D eigenvalue weighted by molar-refractivity contribution is -0.274. The van der Waals surface area contributed by atoms with Crippen LogP contribution in [0.1, 0.15) is 0 Å². The molecule has 0 aliphatic carbocycles. The molecule has 0 fully saturated rings. The third-order valence-electron chi connectivity index (χ3n) is 2.28. The smallest absolute Gasteiger partial charge is 0.480 e. The van der Waals surface area contributed by atoms with Gasteiger partial charge in [0.15, 0.2) is 5.13 Å². The Hall–Kier alpha value is -2.03. The van der Waals surface area contributed by atoms with Crippen LogP contribution in [0.25, 0.3) is 10.2 Å². The highest BCUT2D eigenvalue weighted by Gasteiger charge is 2.31. The summed E-state index contributed by atoms with van der Waals surface area (Å²) < 4.78 is 40.6. The second-order valence-electron chi connectivity index (χ2n) is 3.92. The molecular formula is C11H9F3N2O3S. The molecule has 0 aliphatic heterocycles. The van der Waals surface area contributed by atoms with Crippen molar-refractivity contribution in [3.8, 4) is 5.75 Å². The molecule has 5 nitrogen and oxygen atoms in total. The predicted octanol–water partition coefficient (Wildman–Crippen LogP) is 2.72. The lowest BCUT2D eigenvalue weighted by atomic mass is 10.3. The number of anilines is 1. The van der Waals surface area contributed by atoms with Gasteiger partial charge in [0.1, 0.15) is 12.3 Å². The largest absolute Gasteiger partial charge is 0.573 e. The van der Waals surface area contributed by atoms with E-state index in [2.05, 4.69) is 9.72 Å². The fourth-order valence-electron chi connectivity index (χ4n) is 1.52. The summed E-state index contributed by atoms with van der Waals surface area (Å²) in [5.74, 6) is -1.35. The van der Waals surface area contributed by atoms with Gasteiger partial charge in [-0.05, 0) is 12.1 Å². The number of carboxylic acids is 1. The van der Waals surface area contributed by atoms with Crippen LogP contribution in [0, 0.1) is 0 Å². The van der Waals surface area contributed by atoms with Crippen LogP contribution < -0.4 is 9.64 Å². The molecule has 2 rings (SSSR count). The second kappa shape index (κ2) is 5.16. The Kier molecular flexibility index (Phi) is 3.71. The second-order valence-corrected chi connectivity index (χ2v) is 4.93. The lowest BCUT2D eigenvalue weighted by Gasteiger charge is -2.11. The summed E-state index contributed by atoms with van der Waals surface area (Å²) in [4.78, 5) is 16.1. The standard InChI is InChI=1S/C11H9F3N2O3S/c1-16(5-9(17)18)10-15-7-3-2-6(4-8(7)20-10)19-11(12,13)14/h2-4H,5H2,1H3,(H,17,18). The summed E-state index contributed by atoms with van der Waals surface area (Å²) in [6.07, 6.45) is -4.75. The van der Waals surface area contributed by atoms with E-state index in [9.17, 15) is 18.0 Å². The highest BCUT2D eigenvalue weighted by molar-refractivity contribution is 7.22. The van der Waals surface area contributed by atoms with Gasteiger partial charge in [-0.15, -0.1) is 13.2 Å². The Balaban J connectivity index is 2.28. The molecule has 20 heavy (non-hydrogen) atoms. The molecule has 0 bridgehead atoms. The van der Waals surface area contributed by atoms with Gasteiger partial charge in [-0.3, -0.25) is 4.79 Å². The fraction of sp³-hybridized carbons (Fsp3) is 0.273. The number of rotatable bonds is 4. The number of hydrogen-bond donors (Lipinski definition) is 1. The van der Waals surface area contributed by atoms with Crippen molar-refractivity contribution in [1.29, 1.82) is 0 Å². The highest BCUT2D eigenvalue weighted by Crippen LogP contribution is 2.32. The van der Waals surface area contributed by atoms with E-state index < -0.39 is 12.3 Å². The summed E-state index contributed by atoms with van der Waals surface area (Å²) in [7, 11) is 1.54. The van der Waals surface area contributed by atoms with Gasteiger partial charge < -0.3 is 14.7 Å². The van der Waals surface area contributed by atoms with Crippen molar-refractivity contribution in [2.75, 3.05) is 18.5 Å².